The number of aromatic nitrogens is 3. The smallest absolute Gasteiger partial charge is 0.416 e. The number of nitrogens with one attached hydrogen (secondary N) is 2. The average molecular weight is 945 g/mol. The number of carbonyl (C=O) groups is 3. The largest absolute Gasteiger partial charge is 0.491 e. The van der Waals surface area contributed by atoms with Gasteiger partial charge in [0.25, 0.3) is 6.33 Å². The summed E-state index contributed by atoms with van der Waals surface area (Å²) in [6, 6.07) is 17.9. The number of nitrogens with zero attached hydrogens (tertiary/aromatic N) is 8. The molecule has 0 saturated carbocycles. The molecule has 4 heterocycles. The van der Waals surface area contributed by atoms with E-state index in [1.807, 2.05) is 29.3 Å². The number of carbonyl (C=O) groups excluding carboxylic acids is 3. The fourth-order valence-electron chi connectivity index (χ4n) is 7.57. The molecule has 3 unspecified atom stereocenters. The number of unbranched alkanes of at least 4 members (excludes halogenated alkanes) is 1. The summed E-state index contributed by atoms with van der Waals surface area (Å²) in [5.74, 6) is -1.13. The van der Waals surface area contributed by atoms with Crippen molar-refractivity contribution in [2.45, 2.75) is 58.0 Å². The molecular weight excluding hydrogens is 891 g/mol. The fourth-order valence-corrected chi connectivity index (χ4v) is 8.29. The second-order valence-corrected chi connectivity index (χ2v) is 16.9. The first kappa shape index (κ1) is 47.1. The highest BCUT2D eigenvalue weighted by atomic mass is 35.5. The lowest BCUT2D eigenvalue weighted by atomic mass is 10.1. The summed E-state index contributed by atoms with van der Waals surface area (Å²) in [6.45, 7) is 8.73. The second kappa shape index (κ2) is 21.4. The first-order valence-corrected chi connectivity index (χ1v) is 22.3. The van der Waals surface area contributed by atoms with Crippen molar-refractivity contribution in [3.8, 4) is 5.75 Å². The Morgan fingerprint density at radius 2 is 1.81 bits per heavy atom. The molecular formula is C43H54Cl3N10O8+. The van der Waals surface area contributed by atoms with Gasteiger partial charge in [-0.2, -0.15) is 9.58 Å². The van der Waals surface area contributed by atoms with E-state index in [2.05, 4.69) is 32.7 Å². The molecule has 1 aromatic heterocycles. The van der Waals surface area contributed by atoms with Crippen molar-refractivity contribution >= 4 is 64.3 Å². The van der Waals surface area contributed by atoms with Crippen molar-refractivity contribution < 1.29 is 42.6 Å². The van der Waals surface area contributed by atoms with Gasteiger partial charge in [-0.25, -0.2) is 19.6 Å². The monoisotopic (exact) mass is 943 g/mol. The van der Waals surface area contributed by atoms with Crippen molar-refractivity contribution in [3.63, 3.8) is 0 Å². The first-order valence-electron chi connectivity index (χ1n) is 21.1. The van der Waals surface area contributed by atoms with E-state index in [-0.39, 0.29) is 38.9 Å². The van der Waals surface area contributed by atoms with E-state index in [0.717, 1.165) is 51.3 Å². The molecule has 18 nitrogen and oxygen atoms in total. The lowest BCUT2D eigenvalue weighted by Crippen LogP contribution is -2.54. The summed E-state index contributed by atoms with van der Waals surface area (Å²) in [5, 5.41) is 14.4. The second-order valence-electron chi connectivity index (χ2n) is 15.6. The molecule has 3 fully saturated rings. The summed E-state index contributed by atoms with van der Waals surface area (Å²) in [5.41, 5.74) is 5.58. The quantitative estimate of drug-likeness (QED) is 0.0944. The number of esters is 1. The molecule has 3 saturated heterocycles. The Morgan fingerprint density at radius 3 is 2.55 bits per heavy atom. The molecule has 64 heavy (non-hydrogen) atoms. The van der Waals surface area contributed by atoms with Crippen LogP contribution in [0.5, 0.6) is 5.75 Å². The minimum absolute atomic E-state index is 0.0442. The zero-order valence-electron chi connectivity index (χ0n) is 36.3. The third-order valence-electron chi connectivity index (χ3n) is 11.1. The number of hydrogen-bond donors (Lipinski definition) is 2. The Morgan fingerprint density at radius 1 is 1.06 bits per heavy atom. The molecule has 7 rings (SSSR count). The number of likely N-dealkylation sites (N-methyl/N-ethyl adjacent to an activating group) is 1. The third kappa shape index (κ3) is 11.5. The lowest BCUT2D eigenvalue weighted by molar-refractivity contribution is -0.753. The van der Waals surface area contributed by atoms with Crippen LogP contribution in [0.4, 0.5) is 21.0 Å². The molecule has 0 aliphatic carbocycles. The zero-order chi connectivity index (χ0) is 45.4. The zero-order valence-corrected chi connectivity index (χ0v) is 38.5. The van der Waals surface area contributed by atoms with Crippen LogP contribution in [0.2, 0.25) is 15.1 Å². The topological polar surface area (TPSA) is 159 Å². The fraction of sp³-hybridized carbons (Fsp3) is 0.465. The maximum atomic E-state index is 13.4. The van der Waals surface area contributed by atoms with Gasteiger partial charge >= 0.3 is 18.1 Å². The number of hydrogen-bond acceptors (Lipinski definition) is 13. The molecule has 3 amide bonds. The van der Waals surface area contributed by atoms with Crippen molar-refractivity contribution in [2.75, 3.05) is 83.0 Å². The van der Waals surface area contributed by atoms with Gasteiger partial charge < -0.3 is 33.9 Å². The van der Waals surface area contributed by atoms with Gasteiger partial charge in [-0.15, -0.1) is 4.68 Å². The van der Waals surface area contributed by atoms with E-state index in [9.17, 15) is 14.4 Å². The number of halogens is 3. The van der Waals surface area contributed by atoms with E-state index in [1.165, 1.54) is 11.2 Å². The van der Waals surface area contributed by atoms with E-state index in [4.69, 9.17) is 58.5 Å². The molecule has 2 N–H and O–H groups in total. The van der Waals surface area contributed by atoms with Gasteiger partial charge in [0.15, 0.2) is 6.54 Å². The predicted molar refractivity (Wildman–Crippen MR) is 239 cm³/mol. The lowest BCUT2D eigenvalue weighted by Gasteiger charge is -2.39. The number of piperazine rings is 1. The molecule has 344 valence electrons. The number of urea groups is 1. The van der Waals surface area contributed by atoms with Gasteiger partial charge in [0, 0.05) is 78.7 Å². The Bertz CT molecular complexity index is 2250. The normalized spacial score (nSPS) is 19.7. The van der Waals surface area contributed by atoms with E-state index in [1.54, 1.807) is 78.0 Å². The number of rotatable bonds is 18. The first-order chi connectivity index (χ1) is 30.8. The Kier molecular flexibility index (Phi) is 15.7. The summed E-state index contributed by atoms with van der Waals surface area (Å²) in [4.78, 5) is 41.6. The Labute approximate surface area is 387 Å². The van der Waals surface area contributed by atoms with Crippen molar-refractivity contribution in [1.82, 2.24) is 35.5 Å². The number of hydrazine groups is 2. The van der Waals surface area contributed by atoms with Crippen LogP contribution in [0.25, 0.3) is 0 Å². The van der Waals surface area contributed by atoms with Crippen LogP contribution < -0.4 is 29.8 Å². The minimum atomic E-state index is -1.37. The molecule has 3 aliphatic heterocycles. The van der Waals surface area contributed by atoms with Crippen LogP contribution >= 0.6 is 34.8 Å². The van der Waals surface area contributed by atoms with E-state index < -0.39 is 30.2 Å². The van der Waals surface area contributed by atoms with Crippen LogP contribution in [0.15, 0.2) is 73.3 Å². The average Bonchev–Trinajstić information content (AvgIpc) is 4.03. The van der Waals surface area contributed by atoms with Crippen LogP contribution in [0, 0.1) is 0 Å². The standard InChI is InChI=1S/C43H53Cl3N10O8/c1-5-6-15-53-29-56(41(58)49-53)55-18-16-51(17-19-55)34-10-12-35(13-11-34)60-24-36-25-62-43(64-36,37-14-9-32(44)20-38(37)46)26-54-28-52(27-48-54)30(2)63-42(59)50(4)39-21-33(45)8-7-31(39)23-61-40(57)22-47-3/h7-14,20-21,27-28,30,36,47H,5-6,15-19,22-26,29H2,1-4H3/p+1. The molecule has 4 aromatic rings. The maximum Gasteiger partial charge on any atom is 0.416 e. The Hall–Kier alpha value is -4.92. The number of ether oxygens (including phenoxy) is 5. The number of benzene rings is 3. The molecule has 3 atom stereocenters. The van der Waals surface area contributed by atoms with E-state index >= 15 is 0 Å². The molecule has 0 radical (unpaired) electrons. The number of anilines is 2. The highest BCUT2D eigenvalue weighted by molar-refractivity contribution is 6.35. The Balaban J connectivity index is 0.947. The molecule has 0 bridgehead atoms. The van der Waals surface area contributed by atoms with Gasteiger partial charge in [-0.1, -0.05) is 60.3 Å². The van der Waals surface area contributed by atoms with Gasteiger partial charge in [0.1, 0.15) is 31.7 Å². The van der Waals surface area contributed by atoms with Crippen LogP contribution in [0.1, 0.15) is 44.0 Å². The molecule has 3 aromatic carbocycles. The summed E-state index contributed by atoms with van der Waals surface area (Å²) < 4.78 is 33.7. The van der Waals surface area contributed by atoms with Crippen LogP contribution in [0.3, 0.4) is 0 Å². The van der Waals surface area contributed by atoms with Crippen molar-refractivity contribution in [1.29, 1.82) is 0 Å². The highest BCUT2D eigenvalue weighted by Crippen LogP contribution is 2.40. The van der Waals surface area contributed by atoms with Crippen LogP contribution in [-0.4, -0.2) is 122 Å². The van der Waals surface area contributed by atoms with Gasteiger partial charge in [-0.05, 0) is 62.0 Å². The summed E-state index contributed by atoms with van der Waals surface area (Å²) in [7, 11) is 3.19. The molecule has 21 heteroatoms. The SMILES string of the molecule is CCCCN1CN(N2CCN(c3ccc(OCC4COC(Cn5c[n+](C(C)OC(=O)N(C)c6cc(Cl)ccc6COC(=O)CNC)cn5)(c5ccc(Cl)cc5Cl)O4)cc3)CC2)C(=O)N1. The predicted octanol–water partition coefficient (Wildman–Crippen LogP) is 5.57. The third-order valence-corrected chi connectivity index (χ3v) is 11.8. The molecule has 3 aliphatic rings. The van der Waals surface area contributed by atoms with Gasteiger partial charge in [-0.3, -0.25) is 15.1 Å². The molecule has 0 spiro atoms. The summed E-state index contributed by atoms with van der Waals surface area (Å²) in [6.07, 6.45) is 3.36. The van der Waals surface area contributed by atoms with Crippen molar-refractivity contribution in [2.24, 2.45) is 0 Å². The summed E-state index contributed by atoms with van der Waals surface area (Å²) >= 11 is 19.3. The maximum absolute atomic E-state index is 13.4. The van der Waals surface area contributed by atoms with Gasteiger partial charge in [0.2, 0.25) is 18.3 Å². The highest BCUT2D eigenvalue weighted by Gasteiger charge is 2.47. The minimum Gasteiger partial charge on any atom is -0.491 e. The van der Waals surface area contributed by atoms with E-state index in [0.29, 0.717) is 44.3 Å². The number of amides is 3. The van der Waals surface area contributed by atoms with Crippen molar-refractivity contribution in [3.05, 3.63) is 99.5 Å². The van der Waals surface area contributed by atoms with Crippen LogP contribution in [-0.2, 0) is 42.7 Å². The van der Waals surface area contributed by atoms with Gasteiger partial charge in [0.05, 0.1) is 23.9 Å².